The molecule has 32 heavy (non-hydrogen) atoms. The second-order valence-electron chi connectivity index (χ2n) is 9.58. The molecule has 1 aromatic carbocycles. The van der Waals surface area contributed by atoms with Gasteiger partial charge in [-0.15, -0.1) is 6.58 Å². The third-order valence-corrected chi connectivity index (χ3v) is 10.7. The highest BCUT2D eigenvalue weighted by Crippen LogP contribution is 2.38. The van der Waals surface area contributed by atoms with E-state index < -0.39 is 32.7 Å². The van der Waals surface area contributed by atoms with Crippen LogP contribution in [0.2, 0.25) is 18.1 Å². The van der Waals surface area contributed by atoms with Gasteiger partial charge in [0.25, 0.3) is 0 Å². The topological polar surface area (TPSA) is 83.5 Å². The largest absolute Gasteiger partial charge is 0.497 e. The Morgan fingerprint density at radius 2 is 1.94 bits per heavy atom. The van der Waals surface area contributed by atoms with E-state index in [9.17, 15) is 9.90 Å². The predicted octanol–water partition coefficient (Wildman–Crippen LogP) is 4.20. The van der Waals surface area contributed by atoms with Crippen molar-refractivity contribution < 1.29 is 33.3 Å². The second kappa shape index (κ2) is 11.4. The minimum atomic E-state index is -2.18. The molecule has 1 aliphatic heterocycles. The van der Waals surface area contributed by atoms with E-state index in [0.29, 0.717) is 19.4 Å². The van der Waals surface area contributed by atoms with Crippen molar-refractivity contribution in [1.29, 1.82) is 0 Å². The third kappa shape index (κ3) is 7.15. The number of benzene rings is 1. The Kier molecular flexibility index (Phi) is 9.48. The molecule has 1 saturated heterocycles. The summed E-state index contributed by atoms with van der Waals surface area (Å²) in [6.45, 7) is 14.7. The van der Waals surface area contributed by atoms with Crippen LogP contribution >= 0.6 is 0 Å². The molecule has 0 amide bonds. The van der Waals surface area contributed by atoms with Crippen molar-refractivity contribution in [3.05, 3.63) is 42.5 Å². The highest BCUT2D eigenvalue weighted by molar-refractivity contribution is 6.74. The molecular formula is C24H38O7Si. The van der Waals surface area contributed by atoms with Crippen molar-refractivity contribution in [3.8, 4) is 5.75 Å². The average Bonchev–Trinajstić information content (AvgIpc) is 3.17. The van der Waals surface area contributed by atoms with E-state index in [0.717, 1.165) is 11.3 Å². The lowest BCUT2D eigenvalue weighted by molar-refractivity contribution is -0.182. The Labute approximate surface area is 192 Å². The first-order chi connectivity index (χ1) is 15.0. The van der Waals surface area contributed by atoms with E-state index >= 15 is 0 Å². The van der Waals surface area contributed by atoms with Gasteiger partial charge in [-0.05, 0) is 42.2 Å². The number of ether oxygens (including phenoxy) is 4. The summed E-state index contributed by atoms with van der Waals surface area (Å²) in [7, 11) is -0.560. The molecule has 2 rings (SSSR count). The zero-order valence-electron chi connectivity index (χ0n) is 20.1. The third-order valence-electron chi connectivity index (χ3n) is 6.20. The minimum Gasteiger partial charge on any atom is -0.497 e. The number of carbonyl (C=O) groups excluding carboxylic acids is 1. The summed E-state index contributed by atoms with van der Waals surface area (Å²) >= 11 is 0. The highest BCUT2D eigenvalue weighted by Gasteiger charge is 2.44. The van der Waals surface area contributed by atoms with Crippen molar-refractivity contribution in [2.24, 2.45) is 0 Å². The first kappa shape index (κ1) is 26.5. The van der Waals surface area contributed by atoms with Crippen molar-refractivity contribution in [2.45, 2.75) is 82.8 Å². The molecule has 1 N–H and O–H groups in total. The molecule has 0 aromatic heterocycles. The maximum atomic E-state index is 11.7. The molecule has 1 fully saturated rings. The summed E-state index contributed by atoms with van der Waals surface area (Å²) in [5.41, 5.74) is 0.962. The van der Waals surface area contributed by atoms with Crippen molar-refractivity contribution in [3.63, 3.8) is 0 Å². The van der Waals surface area contributed by atoms with Gasteiger partial charge in [-0.1, -0.05) is 39.0 Å². The summed E-state index contributed by atoms with van der Waals surface area (Å²) in [6.07, 6.45) is -0.688. The van der Waals surface area contributed by atoms with Crippen LogP contribution in [-0.4, -0.2) is 57.7 Å². The molecule has 4 atom stereocenters. The number of aliphatic hydroxyl groups is 1. The fourth-order valence-corrected chi connectivity index (χ4v) is 4.44. The van der Waals surface area contributed by atoms with E-state index in [4.69, 9.17) is 23.4 Å². The van der Waals surface area contributed by atoms with Gasteiger partial charge in [0.2, 0.25) is 0 Å². The van der Waals surface area contributed by atoms with Gasteiger partial charge in [0, 0.05) is 6.42 Å². The number of carbonyl (C=O) groups is 1. The van der Waals surface area contributed by atoms with E-state index in [2.05, 4.69) is 40.4 Å². The Hall–Kier alpha value is -1.71. The molecule has 1 heterocycles. The van der Waals surface area contributed by atoms with Crippen LogP contribution in [0.1, 0.15) is 39.2 Å². The zero-order chi connectivity index (χ0) is 23.9. The lowest BCUT2D eigenvalue weighted by Gasteiger charge is -2.41. The molecule has 0 radical (unpaired) electrons. The van der Waals surface area contributed by atoms with E-state index in [1.807, 2.05) is 24.3 Å². The number of esters is 1. The van der Waals surface area contributed by atoms with Crippen molar-refractivity contribution in [1.82, 2.24) is 0 Å². The normalized spacial score (nSPS) is 19.8. The summed E-state index contributed by atoms with van der Waals surface area (Å²) in [5, 5.41) is 11.1. The monoisotopic (exact) mass is 466 g/mol. The first-order valence-corrected chi connectivity index (χ1v) is 13.9. The molecule has 0 aliphatic carbocycles. The minimum absolute atomic E-state index is 0.0361. The number of hydrogen-bond donors (Lipinski definition) is 1. The van der Waals surface area contributed by atoms with Crippen LogP contribution in [0.3, 0.4) is 0 Å². The van der Waals surface area contributed by atoms with Gasteiger partial charge < -0.3 is 28.5 Å². The number of rotatable bonds is 12. The fourth-order valence-electron chi connectivity index (χ4n) is 3.17. The van der Waals surface area contributed by atoms with Crippen molar-refractivity contribution >= 4 is 14.3 Å². The quantitative estimate of drug-likeness (QED) is 0.162. The molecule has 0 bridgehead atoms. The van der Waals surface area contributed by atoms with E-state index in [1.54, 1.807) is 13.2 Å². The predicted molar refractivity (Wildman–Crippen MR) is 125 cm³/mol. The molecular weight excluding hydrogens is 428 g/mol. The number of methoxy groups -OCH3 is 1. The van der Waals surface area contributed by atoms with Crippen LogP contribution in [0.5, 0.6) is 5.75 Å². The summed E-state index contributed by atoms with van der Waals surface area (Å²) < 4.78 is 28.5. The summed E-state index contributed by atoms with van der Waals surface area (Å²) in [4.78, 5) is 11.7. The summed E-state index contributed by atoms with van der Waals surface area (Å²) in [5.74, 6) is 0.476. The Bertz CT molecular complexity index is 742. The number of hydrogen-bond acceptors (Lipinski definition) is 7. The summed E-state index contributed by atoms with van der Waals surface area (Å²) in [6, 6.07) is 7.53. The van der Waals surface area contributed by atoms with E-state index in [1.165, 1.54) is 0 Å². The fraction of sp³-hybridized carbons (Fsp3) is 0.625. The van der Waals surface area contributed by atoms with Crippen molar-refractivity contribution in [2.75, 3.05) is 13.9 Å². The van der Waals surface area contributed by atoms with Gasteiger partial charge in [0.15, 0.2) is 8.32 Å². The van der Waals surface area contributed by atoms with Crippen LogP contribution in [0.25, 0.3) is 0 Å². The lowest BCUT2D eigenvalue weighted by Crippen LogP contribution is -2.52. The van der Waals surface area contributed by atoms with Gasteiger partial charge >= 0.3 is 5.97 Å². The molecule has 1 aromatic rings. The maximum Gasteiger partial charge on any atom is 0.306 e. The van der Waals surface area contributed by atoms with Crippen LogP contribution < -0.4 is 4.74 Å². The van der Waals surface area contributed by atoms with Gasteiger partial charge in [-0.2, -0.15) is 0 Å². The van der Waals surface area contributed by atoms with Crippen LogP contribution in [0, 0.1) is 0 Å². The SMILES string of the molecule is C=C[C@H](O[Si](C)(C)C(C)(C)C)[C@@H](O)[C@H](OCOCc1ccc(OC)cc1)[C@H]1CCC(=O)O1. The number of aliphatic hydroxyl groups excluding tert-OH is 1. The van der Waals surface area contributed by atoms with Gasteiger partial charge in [-0.25, -0.2) is 0 Å². The standard InChI is InChI=1S/C24H38O7Si/c1-8-19(31-32(6,7)24(2,3)4)22(26)23(20-13-14-21(25)30-20)29-16-28-15-17-9-11-18(27-5)12-10-17/h8-12,19-20,22-23,26H,1,13-16H2,2-7H3/t19-,20+,22+,23+/m0/s1. The lowest BCUT2D eigenvalue weighted by atomic mass is 10.0. The molecule has 0 unspecified atom stereocenters. The Balaban J connectivity index is 2.03. The smallest absolute Gasteiger partial charge is 0.306 e. The van der Waals surface area contributed by atoms with Crippen LogP contribution in [0.15, 0.2) is 36.9 Å². The number of cyclic esters (lactones) is 1. The van der Waals surface area contributed by atoms with Crippen LogP contribution in [-0.2, 0) is 30.0 Å². The highest BCUT2D eigenvalue weighted by atomic mass is 28.4. The molecule has 0 spiro atoms. The van der Waals surface area contributed by atoms with Gasteiger partial charge in [0.1, 0.15) is 30.9 Å². The Morgan fingerprint density at radius 3 is 2.44 bits per heavy atom. The van der Waals surface area contributed by atoms with Gasteiger partial charge in [-0.3, -0.25) is 4.79 Å². The molecule has 0 saturated carbocycles. The average molecular weight is 467 g/mol. The van der Waals surface area contributed by atoms with Gasteiger partial charge in [0.05, 0.1) is 19.8 Å². The zero-order valence-corrected chi connectivity index (χ0v) is 21.1. The molecule has 7 nitrogen and oxygen atoms in total. The molecule has 1 aliphatic rings. The Morgan fingerprint density at radius 1 is 1.28 bits per heavy atom. The van der Waals surface area contributed by atoms with Crippen LogP contribution in [0.4, 0.5) is 0 Å². The van der Waals surface area contributed by atoms with E-state index in [-0.39, 0.29) is 17.8 Å². The molecule has 8 heteroatoms. The molecule has 180 valence electrons. The second-order valence-corrected chi connectivity index (χ2v) is 14.3. The first-order valence-electron chi connectivity index (χ1n) is 11.0. The maximum absolute atomic E-state index is 11.7.